The zero-order valence-electron chi connectivity index (χ0n) is 12.6. The highest BCUT2D eigenvalue weighted by Crippen LogP contribution is 2.28. The van der Waals surface area contributed by atoms with Crippen LogP contribution in [0.5, 0.6) is 0 Å². The molecule has 0 aliphatic carbocycles. The predicted molar refractivity (Wildman–Crippen MR) is 83.7 cm³/mol. The number of nitrogens with one attached hydrogen (secondary N) is 1. The third-order valence-corrected chi connectivity index (χ3v) is 3.78. The highest BCUT2D eigenvalue weighted by atomic mass is 16.3. The van der Waals surface area contributed by atoms with Crippen molar-refractivity contribution in [2.24, 2.45) is 0 Å². The molecular weight excluding hydrogens is 280 g/mol. The minimum absolute atomic E-state index is 0.0987. The summed E-state index contributed by atoms with van der Waals surface area (Å²) in [5.74, 6) is 1.20. The van der Waals surface area contributed by atoms with Crippen molar-refractivity contribution < 1.29 is 14.3 Å². The van der Waals surface area contributed by atoms with Crippen molar-refractivity contribution in [3.8, 4) is 11.3 Å². The average molecular weight is 300 g/mol. The number of hydrogen-bond acceptors (Lipinski definition) is 4. The summed E-state index contributed by atoms with van der Waals surface area (Å²) in [6, 6.07) is 11.4. The number of aryl methyl sites for hydroxylation is 1. The minimum atomic E-state index is -0.542. The predicted octanol–water partition coefficient (Wildman–Crippen LogP) is 1.66. The van der Waals surface area contributed by atoms with Crippen LogP contribution in [0.1, 0.15) is 16.1 Å². The Morgan fingerprint density at radius 1 is 1.36 bits per heavy atom. The molecule has 0 saturated carbocycles. The largest absolute Gasteiger partial charge is 0.461 e. The van der Waals surface area contributed by atoms with E-state index in [0.29, 0.717) is 43.3 Å². The first-order chi connectivity index (χ1) is 10.6. The van der Waals surface area contributed by atoms with Crippen LogP contribution in [0.25, 0.3) is 11.3 Å². The van der Waals surface area contributed by atoms with Gasteiger partial charge < -0.3 is 19.7 Å². The number of benzene rings is 1. The van der Waals surface area contributed by atoms with E-state index in [4.69, 9.17) is 4.42 Å². The molecule has 2 heterocycles. The average Bonchev–Trinajstić information content (AvgIpc) is 2.78. The van der Waals surface area contributed by atoms with E-state index in [1.54, 1.807) is 11.0 Å². The number of aliphatic hydroxyl groups is 1. The Morgan fingerprint density at radius 2 is 2.14 bits per heavy atom. The second-order valence-corrected chi connectivity index (χ2v) is 5.57. The maximum absolute atomic E-state index is 12.8. The van der Waals surface area contributed by atoms with Crippen molar-refractivity contribution in [3.05, 3.63) is 47.7 Å². The molecule has 2 aromatic rings. The topological polar surface area (TPSA) is 65.7 Å². The van der Waals surface area contributed by atoms with Crippen molar-refractivity contribution in [3.63, 3.8) is 0 Å². The van der Waals surface area contributed by atoms with E-state index in [1.807, 2.05) is 37.3 Å². The Bertz CT molecular complexity index is 651. The minimum Gasteiger partial charge on any atom is -0.461 e. The molecule has 1 aromatic carbocycles. The van der Waals surface area contributed by atoms with Gasteiger partial charge in [0.15, 0.2) is 0 Å². The number of amides is 1. The number of rotatable bonds is 2. The fourth-order valence-electron chi connectivity index (χ4n) is 2.72. The van der Waals surface area contributed by atoms with Gasteiger partial charge in [-0.2, -0.15) is 0 Å². The summed E-state index contributed by atoms with van der Waals surface area (Å²) in [7, 11) is 0. The number of nitrogens with zero attached hydrogens (tertiary/aromatic N) is 1. The van der Waals surface area contributed by atoms with Crippen LogP contribution in [0.4, 0.5) is 0 Å². The van der Waals surface area contributed by atoms with E-state index in [9.17, 15) is 9.90 Å². The van der Waals surface area contributed by atoms with Crippen LogP contribution in [-0.4, -0.2) is 48.2 Å². The summed E-state index contributed by atoms with van der Waals surface area (Å²) < 4.78 is 5.75. The second-order valence-electron chi connectivity index (χ2n) is 5.57. The van der Waals surface area contributed by atoms with Crippen molar-refractivity contribution in [1.82, 2.24) is 10.2 Å². The molecule has 1 amide bonds. The molecule has 0 radical (unpaired) electrons. The molecule has 1 saturated heterocycles. The van der Waals surface area contributed by atoms with Crippen LogP contribution < -0.4 is 5.32 Å². The molecule has 22 heavy (non-hydrogen) atoms. The highest BCUT2D eigenvalue weighted by Gasteiger charge is 2.26. The van der Waals surface area contributed by atoms with Gasteiger partial charge in [-0.05, 0) is 13.0 Å². The smallest absolute Gasteiger partial charge is 0.257 e. The molecule has 5 nitrogen and oxygen atoms in total. The lowest BCUT2D eigenvalue weighted by Crippen LogP contribution is -2.37. The summed E-state index contributed by atoms with van der Waals surface area (Å²) >= 11 is 0. The van der Waals surface area contributed by atoms with E-state index < -0.39 is 6.10 Å². The van der Waals surface area contributed by atoms with Crippen LogP contribution in [0, 0.1) is 6.92 Å². The molecule has 0 unspecified atom stereocenters. The molecule has 0 bridgehead atoms. The Labute approximate surface area is 129 Å². The standard InChI is InChI=1S/C17H20N2O3/c1-12-9-15(16(22-12)13-5-3-2-4-6-13)17(21)19-8-7-18-10-14(20)11-19/h2-6,9,14,18,20H,7-8,10-11H2,1H3/t14-/m0/s1. The van der Waals surface area contributed by atoms with Gasteiger partial charge in [-0.3, -0.25) is 4.79 Å². The van der Waals surface area contributed by atoms with Crippen molar-refractivity contribution in [2.45, 2.75) is 13.0 Å². The molecule has 1 aliphatic heterocycles. The van der Waals surface area contributed by atoms with E-state index >= 15 is 0 Å². The Hall–Kier alpha value is -2.11. The Kier molecular flexibility index (Phi) is 4.27. The Balaban J connectivity index is 1.92. The molecule has 0 spiro atoms. The monoisotopic (exact) mass is 300 g/mol. The zero-order valence-corrected chi connectivity index (χ0v) is 12.6. The lowest BCUT2D eigenvalue weighted by atomic mass is 10.1. The zero-order chi connectivity index (χ0) is 15.5. The molecule has 1 aromatic heterocycles. The number of aliphatic hydroxyl groups excluding tert-OH is 1. The van der Waals surface area contributed by atoms with Crippen LogP contribution in [0.3, 0.4) is 0 Å². The van der Waals surface area contributed by atoms with Crippen molar-refractivity contribution in [1.29, 1.82) is 0 Å². The fraction of sp³-hybridized carbons (Fsp3) is 0.353. The van der Waals surface area contributed by atoms with Gasteiger partial charge >= 0.3 is 0 Å². The van der Waals surface area contributed by atoms with E-state index in [1.165, 1.54) is 0 Å². The molecule has 5 heteroatoms. The van der Waals surface area contributed by atoms with Gasteiger partial charge in [0.05, 0.1) is 11.7 Å². The van der Waals surface area contributed by atoms with Crippen LogP contribution >= 0.6 is 0 Å². The molecule has 1 fully saturated rings. The molecular formula is C17H20N2O3. The van der Waals surface area contributed by atoms with Crippen LogP contribution in [0.2, 0.25) is 0 Å². The van der Waals surface area contributed by atoms with Gasteiger partial charge in [0.1, 0.15) is 11.5 Å². The van der Waals surface area contributed by atoms with Crippen molar-refractivity contribution >= 4 is 5.91 Å². The first-order valence-corrected chi connectivity index (χ1v) is 7.49. The van der Waals surface area contributed by atoms with Gasteiger partial charge in [0.25, 0.3) is 5.91 Å². The molecule has 1 aliphatic rings. The van der Waals surface area contributed by atoms with Gasteiger partial charge in [-0.15, -0.1) is 0 Å². The normalized spacial score (nSPS) is 19.0. The van der Waals surface area contributed by atoms with Gasteiger partial charge in [-0.25, -0.2) is 0 Å². The molecule has 1 atom stereocenters. The van der Waals surface area contributed by atoms with Gasteiger partial charge in [-0.1, -0.05) is 30.3 Å². The van der Waals surface area contributed by atoms with E-state index in [-0.39, 0.29) is 5.91 Å². The van der Waals surface area contributed by atoms with Crippen LogP contribution in [-0.2, 0) is 0 Å². The lowest BCUT2D eigenvalue weighted by molar-refractivity contribution is 0.0673. The summed E-state index contributed by atoms with van der Waals surface area (Å²) in [5.41, 5.74) is 1.44. The maximum Gasteiger partial charge on any atom is 0.257 e. The number of carbonyl (C=O) groups excluding carboxylic acids is 1. The fourth-order valence-corrected chi connectivity index (χ4v) is 2.72. The SMILES string of the molecule is Cc1cc(C(=O)N2CCNC[C@H](O)C2)c(-c2ccccc2)o1. The number of hydrogen-bond donors (Lipinski definition) is 2. The third kappa shape index (κ3) is 3.05. The lowest BCUT2D eigenvalue weighted by Gasteiger charge is -2.21. The van der Waals surface area contributed by atoms with E-state index in [0.717, 1.165) is 5.56 Å². The first-order valence-electron chi connectivity index (χ1n) is 7.49. The third-order valence-electron chi connectivity index (χ3n) is 3.78. The number of β-amino-alcohol motifs (C(OH)–C–C–N with tert-alkyl or cyclic N) is 1. The molecule has 116 valence electrons. The summed E-state index contributed by atoms with van der Waals surface area (Å²) in [6.45, 7) is 3.95. The number of carbonyl (C=O) groups is 1. The van der Waals surface area contributed by atoms with Gasteiger partial charge in [0, 0.05) is 31.7 Å². The van der Waals surface area contributed by atoms with Crippen molar-refractivity contribution in [2.75, 3.05) is 26.2 Å². The molecule has 3 rings (SSSR count). The first kappa shape index (κ1) is 14.8. The number of furan rings is 1. The second kappa shape index (κ2) is 6.34. The maximum atomic E-state index is 12.8. The molecule has 2 N–H and O–H groups in total. The van der Waals surface area contributed by atoms with Crippen LogP contribution in [0.15, 0.2) is 40.8 Å². The van der Waals surface area contributed by atoms with Gasteiger partial charge in [0.2, 0.25) is 0 Å². The summed E-state index contributed by atoms with van der Waals surface area (Å²) in [5, 5.41) is 13.0. The summed E-state index contributed by atoms with van der Waals surface area (Å²) in [6.07, 6.45) is -0.542. The summed E-state index contributed by atoms with van der Waals surface area (Å²) in [4.78, 5) is 14.5. The van der Waals surface area contributed by atoms with E-state index in [2.05, 4.69) is 5.32 Å². The quantitative estimate of drug-likeness (QED) is 0.885. The highest BCUT2D eigenvalue weighted by molar-refractivity contribution is 5.99. The Morgan fingerprint density at radius 3 is 2.91 bits per heavy atom.